The molecule has 1 aromatic rings. The van der Waals surface area contributed by atoms with Gasteiger partial charge in [0.05, 0.1) is 0 Å². The van der Waals surface area contributed by atoms with Crippen molar-refractivity contribution < 1.29 is 0 Å². The number of halogens is 1. The normalized spacial score (nSPS) is 14.9. The van der Waals surface area contributed by atoms with E-state index in [0.29, 0.717) is 11.0 Å². The van der Waals surface area contributed by atoms with Gasteiger partial charge in [-0.25, -0.2) is 0 Å². The largest absolute Gasteiger partial charge is 0.389 e. The molecule has 2 N–H and O–H groups in total. The van der Waals surface area contributed by atoms with Gasteiger partial charge in [-0.3, -0.25) is 0 Å². The van der Waals surface area contributed by atoms with Crippen LogP contribution >= 0.6 is 28.1 Å². The van der Waals surface area contributed by atoms with Gasteiger partial charge in [0.2, 0.25) is 0 Å². The van der Waals surface area contributed by atoms with Gasteiger partial charge in [0.15, 0.2) is 0 Å². The molecule has 86 valence electrons. The zero-order valence-electron chi connectivity index (χ0n) is 9.24. The van der Waals surface area contributed by atoms with Gasteiger partial charge in [-0.15, -0.1) is 0 Å². The van der Waals surface area contributed by atoms with Crippen LogP contribution in [0, 0.1) is 0 Å². The summed E-state index contributed by atoms with van der Waals surface area (Å²) in [6, 6.07) is 6.79. The molecule has 16 heavy (non-hydrogen) atoms. The van der Waals surface area contributed by atoms with Crippen molar-refractivity contribution >= 4 is 38.8 Å². The number of nitrogens with zero attached hydrogens (tertiary/aromatic N) is 1. The van der Waals surface area contributed by atoms with E-state index < -0.39 is 0 Å². The van der Waals surface area contributed by atoms with Crippen molar-refractivity contribution in [3.8, 4) is 0 Å². The Bertz CT molecular complexity index is 415. The minimum atomic E-state index is 0.460. The van der Waals surface area contributed by atoms with Crippen molar-refractivity contribution in [2.75, 3.05) is 11.4 Å². The van der Waals surface area contributed by atoms with E-state index in [1.165, 1.54) is 12.8 Å². The molecule has 0 atom stereocenters. The predicted octanol–water partition coefficient (Wildman–Crippen LogP) is 3.07. The molecule has 1 aliphatic rings. The first kappa shape index (κ1) is 11.9. The monoisotopic (exact) mass is 298 g/mol. The Balaban J connectivity index is 2.45. The van der Waals surface area contributed by atoms with E-state index in [1.807, 2.05) is 12.1 Å². The summed E-state index contributed by atoms with van der Waals surface area (Å²) in [7, 11) is 0. The maximum atomic E-state index is 5.80. The fourth-order valence-corrected chi connectivity index (χ4v) is 2.92. The van der Waals surface area contributed by atoms with Crippen molar-refractivity contribution in [1.82, 2.24) is 0 Å². The Kier molecular flexibility index (Phi) is 3.50. The molecule has 2 nitrogen and oxygen atoms in total. The number of thiocarbonyl (C=S) groups is 1. The molecule has 0 bridgehead atoms. The van der Waals surface area contributed by atoms with E-state index in [-0.39, 0.29) is 0 Å². The van der Waals surface area contributed by atoms with Crippen LogP contribution in [0.3, 0.4) is 0 Å². The second-order valence-electron chi connectivity index (χ2n) is 4.02. The van der Waals surface area contributed by atoms with Crippen LogP contribution in [0.15, 0.2) is 22.7 Å². The molecule has 0 spiro atoms. The average Bonchev–Trinajstić information content (AvgIpc) is 3.02. The number of hydrogen-bond donors (Lipinski definition) is 1. The summed E-state index contributed by atoms with van der Waals surface area (Å²) in [4.78, 5) is 2.85. The number of hydrogen-bond acceptors (Lipinski definition) is 2. The zero-order valence-corrected chi connectivity index (χ0v) is 11.6. The summed E-state index contributed by atoms with van der Waals surface area (Å²) in [5.41, 5.74) is 7.93. The Morgan fingerprint density at radius 3 is 2.75 bits per heavy atom. The zero-order chi connectivity index (χ0) is 11.7. The number of rotatable bonds is 4. The lowest BCUT2D eigenvalue weighted by molar-refractivity contribution is 0.825. The quantitative estimate of drug-likeness (QED) is 0.866. The molecule has 1 aliphatic carbocycles. The lowest BCUT2D eigenvalue weighted by Gasteiger charge is -2.25. The molecule has 1 fully saturated rings. The smallest absolute Gasteiger partial charge is 0.107 e. The summed E-state index contributed by atoms with van der Waals surface area (Å²) >= 11 is 8.65. The van der Waals surface area contributed by atoms with Crippen LogP contribution in [0.5, 0.6) is 0 Å². The van der Waals surface area contributed by atoms with E-state index in [2.05, 4.69) is 33.8 Å². The van der Waals surface area contributed by atoms with Crippen molar-refractivity contribution in [3.05, 3.63) is 28.2 Å². The second kappa shape index (κ2) is 4.72. The van der Waals surface area contributed by atoms with Gasteiger partial charge in [0.25, 0.3) is 0 Å². The first-order valence-corrected chi connectivity index (χ1v) is 6.70. The highest BCUT2D eigenvalue weighted by atomic mass is 79.9. The molecule has 0 saturated heterocycles. The molecule has 0 radical (unpaired) electrons. The van der Waals surface area contributed by atoms with Crippen molar-refractivity contribution in [2.45, 2.75) is 25.8 Å². The Labute approximate surface area is 110 Å². The molecule has 2 rings (SSSR count). The molecule has 0 heterocycles. The van der Waals surface area contributed by atoms with Gasteiger partial charge in [0.1, 0.15) is 4.99 Å². The summed E-state index contributed by atoms with van der Waals surface area (Å²) in [6.07, 6.45) is 2.55. The maximum Gasteiger partial charge on any atom is 0.107 e. The van der Waals surface area contributed by atoms with E-state index in [4.69, 9.17) is 18.0 Å². The first-order valence-electron chi connectivity index (χ1n) is 5.50. The Morgan fingerprint density at radius 2 is 2.25 bits per heavy atom. The van der Waals surface area contributed by atoms with Crippen LogP contribution < -0.4 is 10.6 Å². The summed E-state index contributed by atoms with van der Waals surface area (Å²) in [5, 5.41) is 0. The van der Waals surface area contributed by atoms with Gasteiger partial charge in [-0.2, -0.15) is 0 Å². The average molecular weight is 299 g/mol. The highest BCUT2D eigenvalue weighted by molar-refractivity contribution is 9.10. The van der Waals surface area contributed by atoms with E-state index >= 15 is 0 Å². The van der Waals surface area contributed by atoms with Gasteiger partial charge in [-0.05, 0) is 47.8 Å². The number of anilines is 1. The third kappa shape index (κ3) is 2.23. The van der Waals surface area contributed by atoms with Crippen LogP contribution in [-0.4, -0.2) is 17.6 Å². The molecule has 1 aromatic carbocycles. The third-order valence-corrected chi connectivity index (χ3v) is 3.74. The van der Waals surface area contributed by atoms with Crippen molar-refractivity contribution in [2.24, 2.45) is 5.73 Å². The van der Waals surface area contributed by atoms with Crippen LogP contribution in [-0.2, 0) is 0 Å². The van der Waals surface area contributed by atoms with E-state index in [1.54, 1.807) is 0 Å². The second-order valence-corrected chi connectivity index (χ2v) is 5.31. The Hall–Kier alpha value is -0.610. The summed E-state index contributed by atoms with van der Waals surface area (Å²) in [6.45, 7) is 3.17. The topological polar surface area (TPSA) is 29.3 Å². The Morgan fingerprint density at radius 1 is 1.56 bits per heavy atom. The maximum absolute atomic E-state index is 5.80. The van der Waals surface area contributed by atoms with E-state index in [9.17, 15) is 0 Å². The fourth-order valence-electron chi connectivity index (χ4n) is 2.01. The standard InChI is InChI=1S/C12H15BrN2S/c1-2-15(8-6-7-8)10-5-3-4-9(13)11(10)12(14)16/h3-5,8H,2,6-7H2,1H3,(H2,14,16). The summed E-state index contributed by atoms with van der Waals surface area (Å²) in [5.74, 6) is 0. The molecule has 4 heteroatoms. The van der Waals surface area contributed by atoms with Crippen LogP contribution in [0.2, 0.25) is 0 Å². The SMILES string of the molecule is CCN(c1cccc(Br)c1C(N)=S)C1CC1. The van der Waals surface area contributed by atoms with Gasteiger partial charge >= 0.3 is 0 Å². The van der Waals surface area contributed by atoms with Crippen LogP contribution in [0.25, 0.3) is 0 Å². The predicted molar refractivity (Wildman–Crippen MR) is 76.1 cm³/mol. The van der Waals surface area contributed by atoms with Gasteiger partial charge in [0, 0.05) is 28.3 Å². The summed E-state index contributed by atoms with van der Waals surface area (Å²) < 4.78 is 0.983. The highest BCUT2D eigenvalue weighted by Gasteiger charge is 2.30. The molecule has 1 saturated carbocycles. The minimum absolute atomic E-state index is 0.460. The molecule has 0 amide bonds. The third-order valence-electron chi connectivity index (χ3n) is 2.88. The fraction of sp³-hybridized carbons (Fsp3) is 0.417. The molecular weight excluding hydrogens is 284 g/mol. The van der Waals surface area contributed by atoms with Crippen LogP contribution in [0.1, 0.15) is 25.3 Å². The van der Waals surface area contributed by atoms with Gasteiger partial charge in [-0.1, -0.05) is 18.3 Å². The molecule has 0 unspecified atom stereocenters. The first-order chi connectivity index (χ1) is 7.65. The van der Waals surface area contributed by atoms with Gasteiger partial charge < -0.3 is 10.6 Å². The lowest BCUT2D eigenvalue weighted by Crippen LogP contribution is -2.28. The number of nitrogens with two attached hydrogens (primary N) is 1. The molecular formula is C12H15BrN2S. The lowest BCUT2D eigenvalue weighted by atomic mass is 10.1. The van der Waals surface area contributed by atoms with Crippen molar-refractivity contribution in [1.29, 1.82) is 0 Å². The van der Waals surface area contributed by atoms with Crippen LogP contribution in [0.4, 0.5) is 5.69 Å². The number of benzene rings is 1. The molecule has 0 aliphatic heterocycles. The highest BCUT2D eigenvalue weighted by Crippen LogP contribution is 2.35. The van der Waals surface area contributed by atoms with Crippen molar-refractivity contribution in [3.63, 3.8) is 0 Å². The molecule has 0 aromatic heterocycles. The van der Waals surface area contributed by atoms with E-state index in [0.717, 1.165) is 22.3 Å². The minimum Gasteiger partial charge on any atom is -0.389 e.